The number of aromatic nitrogens is 3. The van der Waals surface area contributed by atoms with Crippen molar-refractivity contribution in [1.29, 1.82) is 0 Å². The monoisotopic (exact) mass is 304 g/mol. The van der Waals surface area contributed by atoms with Crippen LogP contribution in [-0.2, 0) is 23.2 Å². The fourth-order valence-electron chi connectivity index (χ4n) is 1.58. The lowest BCUT2D eigenvalue weighted by Gasteiger charge is -2.06. The van der Waals surface area contributed by atoms with Gasteiger partial charge in [-0.25, -0.2) is 13.1 Å². The minimum atomic E-state index is -3.80. The average Bonchev–Trinajstić information content (AvgIpc) is 2.93. The normalized spacial score (nSPS) is 11.9. The lowest BCUT2D eigenvalue weighted by Crippen LogP contribution is -2.25. The van der Waals surface area contributed by atoms with Gasteiger partial charge in [0.25, 0.3) is 0 Å². The van der Waals surface area contributed by atoms with Crippen molar-refractivity contribution in [3.8, 4) is 0 Å². The van der Waals surface area contributed by atoms with Gasteiger partial charge in [-0.15, -0.1) is 0 Å². The first-order valence-corrected chi connectivity index (χ1v) is 7.61. The molecule has 0 saturated carbocycles. The molecule has 19 heavy (non-hydrogen) atoms. The first kappa shape index (κ1) is 13.9. The summed E-state index contributed by atoms with van der Waals surface area (Å²) in [5, 5.41) is 16.8. The van der Waals surface area contributed by atoms with E-state index in [4.69, 9.17) is 5.11 Å². The molecular formula is C9H12N4O4S2. The number of nitrogens with zero attached hydrogens (tertiary/aromatic N) is 1. The number of hydrogen-bond donors (Lipinski definition) is 4. The van der Waals surface area contributed by atoms with Gasteiger partial charge in [0.1, 0.15) is 10.6 Å². The van der Waals surface area contributed by atoms with E-state index in [1.165, 1.54) is 0 Å². The maximum Gasteiger partial charge on any atom is 0.304 e. The van der Waals surface area contributed by atoms with Crippen LogP contribution in [0.1, 0.15) is 17.1 Å². The largest absolute Gasteiger partial charge is 0.390 e. The van der Waals surface area contributed by atoms with Crippen molar-refractivity contribution in [2.75, 3.05) is 0 Å². The molecule has 8 nitrogen and oxygen atoms in total. The Morgan fingerprint density at radius 3 is 2.84 bits per heavy atom. The van der Waals surface area contributed by atoms with Gasteiger partial charge in [-0.1, -0.05) is 11.3 Å². The predicted octanol–water partition coefficient (Wildman–Crippen LogP) is -0.561. The van der Waals surface area contributed by atoms with Crippen LogP contribution in [-0.4, -0.2) is 28.7 Å². The molecule has 2 aromatic rings. The van der Waals surface area contributed by atoms with Crippen LogP contribution < -0.4 is 9.60 Å². The van der Waals surface area contributed by atoms with Crippen molar-refractivity contribution in [3.05, 3.63) is 32.1 Å². The van der Waals surface area contributed by atoms with Gasteiger partial charge in [0.2, 0.25) is 10.0 Å². The summed E-state index contributed by atoms with van der Waals surface area (Å²) in [6.45, 7) is 1.04. The smallest absolute Gasteiger partial charge is 0.304 e. The van der Waals surface area contributed by atoms with E-state index in [9.17, 15) is 13.2 Å². The van der Waals surface area contributed by atoms with Crippen LogP contribution in [0.5, 0.6) is 0 Å². The van der Waals surface area contributed by atoms with Gasteiger partial charge in [0.15, 0.2) is 0 Å². The summed E-state index contributed by atoms with van der Waals surface area (Å²) in [5.74, 6) is 0. The third kappa shape index (κ3) is 2.92. The number of thiazole rings is 1. The predicted molar refractivity (Wildman–Crippen MR) is 68.2 cm³/mol. The molecule has 0 aliphatic carbocycles. The molecule has 4 N–H and O–H groups in total. The molecule has 0 atom stereocenters. The molecule has 2 heterocycles. The van der Waals surface area contributed by atoms with Crippen molar-refractivity contribution in [1.82, 2.24) is 19.9 Å². The Labute approximate surface area is 112 Å². The van der Waals surface area contributed by atoms with E-state index in [0.29, 0.717) is 11.4 Å². The molecule has 0 aliphatic heterocycles. The Balaban J connectivity index is 2.23. The third-order valence-corrected chi connectivity index (χ3v) is 4.73. The number of hydrogen-bond acceptors (Lipinski definition) is 6. The van der Waals surface area contributed by atoms with E-state index in [1.54, 1.807) is 12.3 Å². The highest BCUT2D eigenvalue weighted by Crippen LogP contribution is 2.17. The zero-order valence-corrected chi connectivity index (χ0v) is 11.6. The Morgan fingerprint density at radius 1 is 1.53 bits per heavy atom. The maximum absolute atomic E-state index is 12.1. The number of sulfonamides is 1. The van der Waals surface area contributed by atoms with Crippen LogP contribution in [0.15, 0.2) is 15.1 Å². The molecular weight excluding hydrogens is 292 g/mol. The molecule has 104 valence electrons. The molecule has 0 bridgehead atoms. The molecule has 2 rings (SSSR count). The van der Waals surface area contributed by atoms with E-state index >= 15 is 0 Å². The molecule has 0 saturated heterocycles. The summed E-state index contributed by atoms with van der Waals surface area (Å²) >= 11 is 0.959. The van der Waals surface area contributed by atoms with Crippen molar-refractivity contribution in [3.63, 3.8) is 0 Å². The topological polar surface area (TPSA) is 128 Å². The number of rotatable bonds is 5. The third-order valence-electron chi connectivity index (χ3n) is 2.40. The van der Waals surface area contributed by atoms with Crippen LogP contribution in [0.3, 0.4) is 0 Å². The summed E-state index contributed by atoms with van der Waals surface area (Å²) in [7, 11) is -3.80. The van der Waals surface area contributed by atoms with E-state index in [0.717, 1.165) is 11.3 Å². The summed E-state index contributed by atoms with van der Waals surface area (Å²) in [6, 6.07) is 0. The van der Waals surface area contributed by atoms with Gasteiger partial charge in [0, 0.05) is 11.1 Å². The Bertz CT molecular complexity index is 727. The maximum atomic E-state index is 12.1. The standard InChI is InChI=1S/C9H12N4O4S2/c1-5-8(7(3-14)13-12-5)19(16,17)10-2-6-4-18-9(15)11-6/h4,10,14H,2-3H2,1H3,(H,11,15)(H,12,13). The van der Waals surface area contributed by atoms with E-state index < -0.39 is 16.6 Å². The number of aliphatic hydroxyl groups is 1. The quantitative estimate of drug-likeness (QED) is 0.588. The summed E-state index contributed by atoms with van der Waals surface area (Å²) in [6.07, 6.45) is 0. The van der Waals surface area contributed by atoms with Crippen LogP contribution in [0, 0.1) is 6.92 Å². The molecule has 0 aliphatic rings. The van der Waals surface area contributed by atoms with Gasteiger partial charge in [-0.3, -0.25) is 9.89 Å². The number of H-pyrrole nitrogens is 2. The lowest BCUT2D eigenvalue weighted by atomic mass is 10.4. The second-order valence-corrected chi connectivity index (χ2v) is 6.33. The van der Waals surface area contributed by atoms with Crippen molar-refractivity contribution in [2.45, 2.75) is 25.0 Å². The average molecular weight is 304 g/mol. The second kappa shape index (κ2) is 5.25. The highest BCUT2D eigenvalue weighted by atomic mass is 32.2. The van der Waals surface area contributed by atoms with Crippen molar-refractivity contribution in [2.24, 2.45) is 0 Å². The summed E-state index contributed by atoms with van der Waals surface area (Å²) in [4.78, 5) is 13.1. The SMILES string of the molecule is Cc1[nH]nc(CO)c1S(=O)(=O)NCc1csc(=O)[nH]1. The number of aryl methyl sites for hydroxylation is 1. The minimum Gasteiger partial charge on any atom is -0.390 e. The first-order chi connectivity index (χ1) is 8.94. The number of aromatic amines is 2. The molecule has 0 unspecified atom stereocenters. The fraction of sp³-hybridized carbons (Fsp3) is 0.333. The minimum absolute atomic E-state index is 0.0312. The first-order valence-electron chi connectivity index (χ1n) is 5.25. The van der Waals surface area contributed by atoms with Gasteiger partial charge in [0.05, 0.1) is 18.8 Å². The van der Waals surface area contributed by atoms with Crippen molar-refractivity contribution >= 4 is 21.4 Å². The molecule has 2 aromatic heterocycles. The van der Waals surface area contributed by atoms with Gasteiger partial charge in [-0.2, -0.15) is 5.10 Å². The zero-order valence-electron chi connectivity index (χ0n) is 9.93. The van der Waals surface area contributed by atoms with Gasteiger partial charge < -0.3 is 10.1 Å². The Hall–Kier alpha value is -1.49. The van der Waals surface area contributed by atoms with E-state index in [-0.39, 0.29) is 22.0 Å². The molecule has 10 heteroatoms. The molecule has 0 amide bonds. The van der Waals surface area contributed by atoms with Crippen LogP contribution >= 0.6 is 11.3 Å². The molecule has 0 spiro atoms. The van der Waals surface area contributed by atoms with Crippen LogP contribution in [0.2, 0.25) is 0 Å². The van der Waals surface area contributed by atoms with Crippen molar-refractivity contribution < 1.29 is 13.5 Å². The molecule has 0 radical (unpaired) electrons. The Kier molecular flexibility index (Phi) is 3.85. The highest BCUT2D eigenvalue weighted by molar-refractivity contribution is 7.89. The zero-order chi connectivity index (χ0) is 14.0. The lowest BCUT2D eigenvalue weighted by molar-refractivity contribution is 0.273. The van der Waals surface area contributed by atoms with Gasteiger partial charge >= 0.3 is 4.87 Å². The number of aliphatic hydroxyl groups excluding tert-OH is 1. The second-order valence-electron chi connectivity index (χ2n) is 3.78. The summed E-state index contributed by atoms with van der Waals surface area (Å²) in [5.41, 5.74) is 0.879. The van der Waals surface area contributed by atoms with E-state index in [1.807, 2.05) is 0 Å². The Morgan fingerprint density at radius 2 is 2.26 bits per heavy atom. The molecule has 0 aromatic carbocycles. The fourth-order valence-corrected chi connectivity index (χ4v) is 3.52. The summed E-state index contributed by atoms with van der Waals surface area (Å²) < 4.78 is 26.6. The van der Waals surface area contributed by atoms with Crippen LogP contribution in [0.4, 0.5) is 0 Å². The number of nitrogens with one attached hydrogen (secondary N) is 3. The van der Waals surface area contributed by atoms with Gasteiger partial charge in [-0.05, 0) is 6.92 Å². The van der Waals surface area contributed by atoms with Crippen LogP contribution in [0.25, 0.3) is 0 Å². The molecule has 0 fully saturated rings. The highest BCUT2D eigenvalue weighted by Gasteiger charge is 2.23. The van der Waals surface area contributed by atoms with E-state index in [2.05, 4.69) is 19.9 Å².